The molecule has 0 amide bonds. The van der Waals surface area contributed by atoms with E-state index in [0.717, 1.165) is 0 Å². The van der Waals surface area contributed by atoms with Crippen LogP contribution in [0.4, 0.5) is 5.69 Å². The minimum atomic E-state index is -3.74. The molecule has 1 aromatic heterocycles. The maximum Gasteiger partial charge on any atom is 0.261 e. The quantitative estimate of drug-likeness (QED) is 0.730. The van der Waals surface area contributed by atoms with Crippen LogP contribution in [0.25, 0.3) is 5.69 Å². The molecule has 0 aliphatic rings. The van der Waals surface area contributed by atoms with Crippen LogP contribution in [-0.4, -0.2) is 23.3 Å². The highest BCUT2D eigenvalue weighted by molar-refractivity contribution is 7.92. The maximum atomic E-state index is 12.5. The fraction of sp³-hybridized carbons (Fsp3) is 0.0625. The number of sulfonamides is 1. The molecule has 0 aliphatic carbocycles. The van der Waals surface area contributed by atoms with Crippen molar-refractivity contribution < 1.29 is 13.5 Å². The second kappa shape index (κ2) is 6.64. The Morgan fingerprint density at radius 2 is 1.92 bits per heavy atom. The summed E-state index contributed by atoms with van der Waals surface area (Å²) in [5, 5.41) is 13.7. The first-order chi connectivity index (χ1) is 11.5. The molecule has 0 bridgehead atoms. The fourth-order valence-corrected chi connectivity index (χ4v) is 3.42. The Balaban J connectivity index is 2.02. The molecule has 0 spiro atoms. The number of aliphatic hydroxyl groups excluding tert-OH is 1. The van der Waals surface area contributed by atoms with Gasteiger partial charge in [0.15, 0.2) is 0 Å². The van der Waals surface area contributed by atoms with Gasteiger partial charge >= 0.3 is 0 Å². The number of nitrogens with zero attached hydrogens (tertiary/aromatic N) is 2. The summed E-state index contributed by atoms with van der Waals surface area (Å²) in [6, 6.07) is 12.8. The van der Waals surface area contributed by atoms with Crippen LogP contribution in [0.15, 0.2) is 65.8 Å². The molecule has 6 nitrogen and oxygen atoms in total. The van der Waals surface area contributed by atoms with E-state index in [1.54, 1.807) is 42.6 Å². The predicted octanol–water partition coefficient (Wildman–Crippen LogP) is 2.82. The first kappa shape index (κ1) is 16.5. The molecule has 2 aromatic carbocycles. The lowest BCUT2D eigenvalue weighted by Gasteiger charge is -2.13. The van der Waals surface area contributed by atoms with Crippen LogP contribution < -0.4 is 4.72 Å². The molecule has 0 saturated carbocycles. The van der Waals surface area contributed by atoms with Gasteiger partial charge in [0.25, 0.3) is 10.0 Å². The normalized spacial score (nSPS) is 11.4. The molecule has 1 heterocycles. The Bertz CT molecular complexity index is 956. The maximum absolute atomic E-state index is 12.5. The molecule has 3 aromatic rings. The molecule has 2 N–H and O–H groups in total. The highest BCUT2D eigenvalue weighted by atomic mass is 35.5. The summed E-state index contributed by atoms with van der Waals surface area (Å²) in [7, 11) is -3.74. The molecule has 0 aliphatic heterocycles. The summed E-state index contributed by atoms with van der Waals surface area (Å²) < 4.78 is 29.0. The minimum absolute atomic E-state index is 0.155. The Hall–Kier alpha value is -2.35. The fourth-order valence-electron chi connectivity index (χ4n) is 2.16. The molecule has 124 valence electrons. The standard InChI is InChI=1S/C16H14ClN3O3S/c17-13-6-7-15(16(8-13)20-10-12(11-21)9-18-20)19-24(22,23)14-4-2-1-3-5-14/h1-10,19,21H,11H2. The van der Waals surface area contributed by atoms with Gasteiger partial charge in [0, 0.05) is 16.8 Å². The van der Waals surface area contributed by atoms with Gasteiger partial charge in [0.1, 0.15) is 0 Å². The number of hydrogen-bond acceptors (Lipinski definition) is 4. The van der Waals surface area contributed by atoms with Gasteiger partial charge in [-0.25, -0.2) is 13.1 Å². The first-order valence-electron chi connectivity index (χ1n) is 7.02. The lowest BCUT2D eigenvalue weighted by atomic mass is 10.3. The molecule has 0 atom stereocenters. The molecule has 24 heavy (non-hydrogen) atoms. The summed E-state index contributed by atoms with van der Waals surface area (Å²) >= 11 is 6.03. The third-order valence-electron chi connectivity index (χ3n) is 3.32. The van der Waals surface area contributed by atoms with E-state index in [-0.39, 0.29) is 11.5 Å². The number of benzene rings is 2. The van der Waals surface area contributed by atoms with Gasteiger partial charge in [-0.1, -0.05) is 29.8 Å². The highest BCUT2D eigenvalue weighted by Gasteiger charge is 2.17. The van der Waals surface area contributed by atoms with E-state index < -0.39 is 10.0 Å². The van der Waals surface area contributed by atoms with E-state index >= 15 is 0 Å². The van der Waals surface area contributed by atoms with E-state index in [1.165, 1.54) is 23.0 Å². The van der Waals surface area contributed by atoms with E-state index in [2.05, 4.69) is 9.82 Å². The van der Waals surface area contributed by atoms with Crippen molar-refractivity contribution in [1.82, 2.24) is 9.78 Å². The molecule has 0 fully saturated rings. The Labute approximate surface area is 144 Å². The summed E-state index contributed by atoms with van der Waals surface area (Å²) in [5.74, 6) is 0. The summed E-state index contributed by atoms with van der Waals surface area (Å²) in [4.78, 5) is 0.155. The highest BCUT2D eigenvalue weighted by Crippen LogP contribution is 2.26. The number of aromatic nitrogens is 2. The first-order valence-corrected chi connectivity index (χ1v) is 8.88. The van der Waals surface area contributed by atoms with E-state index in [0.29, 0.717) is 22.0 Å². The zero-order chi connectivity index (χ0) is 17.2. The van der Waals surface area contributed by atoms with Gasteiger partial charge in [-0.15, -0.1) is 0 Å². The number of hydrogen-bond donors (Lipinski definition) is 2. The summed E-state index contributed by atoms with van der Waals surface area (Å²) in [6.07, 6.45) is 3.10. The van der Waals surface area contributed by atoms with Crippen LogP contribution in [0, 0.1) is 0 Å². The van der Waals surface area contributed by atoms with Crippen molar-refractivity contribution in [3.63, 3.8) is 0 Å². The Morgan fingerprint density at radius 1 is 1.17 bits per heavy atom. The second-order valence-electron chi connectivity index (χ2n) is 5.03. The monoisotopic (exact) mass is 363 g/mol. The largest absolute Gasteiger partial charge is 0.392 e. The molecular formula is C16H14ClN3O3S. The van der Waals surface area contributed by atoms with E-state index in [1.807, 2.05) is 0 Å². The van der Waals surface area contributed by atoms with Crippen LogP contribution in [0.1, 0.15) is 5.56 Å². The third-order valence-corrected chi connectivity index (χ3v) is 4.94. The van der Waals surface area contributed by atoms with Crippen LogP contribution in [0.5, 0.6) is 0 Å². The summed E-state index contributed by atoms with van der Waals surface area (Å²) in [5.41, 5.74) is 1.39. The minimum Gasteiger partial charge on any atom is -0.392 e. The van der Waals surface area contributed by atoms with Crippen molar-refractivity contribution in [3.05, 3.63) is 71.5 Å². The topological polar surface area (TPSA) is 84.2 Å². The zero-order valence-corrected chi connectivity index (χ0v) is 14.0. The van der Waals surface area contributed by atoms with Crippen molar-refractivity contribution in [1.29, 1.82) is 0 Å². The lowest BCUT2D eigenvalue weighted by Crippen LogP contribution is -2.14. The number of anilines is 1. The van der Waals surface area contributed by atoms with Crippen molar-refractivity contribution in [3.8, 4) is 5.69 Å². The van der Waals surface area contributed by atoms with Crippen molar-refractivity contribution in [2.24, 2.45) is 0 Å². The zero-order valence-electron chi connectivity index (χ0n) is 12.4. The third kappa shape index (κ3) is 3.43. The van der Waals surface area contributed by atoms with Gasteiger partial charge in [0.2, 0.25) is 0 Å². The number of nitrogens with one attached hydrogen (secondary N) is 1. The molecule has 0 radical (unpaired) electrons. The molecule has 0 unspecified atom stereocenters. The molecule has 8 heteroatoms. The number of rotatable bonds is 5. The molecular weight excluding hydrogens is 350 g/mol. The van der Waals surface area contributed by atoms with Gasteiger partial charge < -0.3 is 5.11 Å². The van der Waals surface area contributed by atoms with Crippen molar-refractivity contribution in [2.45, 2.75) is 11.5 Å². The van der Waals surface area contributed by atoms with Gasteiger partial charge in [-0.05, 0) is 30.3 Å². The lowest BCUT2D eigenvalue weighted by molar-refractivity contribution is 0.282. The van der Waals surface area contributed by atoms with Gasteiger partial charge in [-0.2, -0.15) is 5.10 Å². The molecule has 0 saturated heterocycles. The average molecular weight is 364 g/mol. The summed E-state index contributed by atoms with van der Waals surface area (Å²) in [6.45, 7) is -0.161. The van der Waals surface area contributed by atoms with Crippen LogP contribution in [0.2, 0.25) is 5.02 Å². The smallest absolute Gasteiger partial charge is 0.261 e. The Kier molecular flexibility index (Phi) is 4.57. The molecule has 3 rings (SSSR count). The number of halogens is 1. The van der Waals surface area contributed by atoms with Crippen molar-refractivity contribution in [2.75, 3.05) is 4.72 Å². The predicted molar refractivity (Wildman–Crippen MR) is 91.7 cm³/mol. The van der Waals surface area contributed by atoms with Gasteiger partial charge in [-0.3, -0.25) is 4.72 Å². The van der Waals surface area contributed by atoms with Crippen LogP contribution in [-0.2, 0) is 16.6 Å². The number of aliphatic hydroxyl groups is 1. The van der Waals surface area contributed by atoms with E-state index in [9.17, 15) is 8.42 Å². The Morgan fingerprint density at radius 3 is 2.58 bits per heavy atom. The average Bonchev–Trinajstić information content (AvgIpc) is 3.06. The SMILES string of the molecule is O=S(=O)(Nc1ccc(Cl)cc1-n1cc(CO)cn1)c1ccccc1. The van der Waals surface area contributed by atoms with Crippen LogP contribution >= 0.6 is 11.6 Å². The van der Waals surface area contributed by atoms with Gasteiger partial charge in [0.05, 0.1) is 29.1 Å². The van der Waals surface area contributed by atoms with Crippen LogP contribution in [0.3, 0.4) is 0 Å². The van der Waals surface area contributed by atoms with Crippen molar-refractivity contribution >= 4 is 27.3 Å². The van der Waals surface area contributed by atoms with E-state index in [4.69, 9.17) is 16.7 Å². The second-order valence-corrected chi connectivity index (χ2v) is 7.15.